The van der Waals surface area contributed by atoms with Gasteiger partial charge in [0.1, 0.15) is 10.9 Å². The van der Waals surface area contributed by atoms with Gasteiger partial charge in [0.2, 0.25) is 0 Å². The zero-order valence-corrected chi connectivity index (χ0v) is 18.2. The van der Waals surface area contributed by atoms with Crippen LogP contribution in [0.5, 0.6) is 0 Å². The molecule has 1 aliphatic heterocycles. The SMILES string of the molecule is CCOC(C)OC1=CC(C)=C(C(O)C2C=CC(OCOC)=C(Cl)N2)C(C)C1C. The van der Waals surface area contributed by atoms with Crippen molar-refractivity contribution in [3.63, 3.8) is 0 Å². The van der Waals surface area contributed by atoms with E-state index in [2.05, 4.69) is 19.2 Å². The van der Waals surface area contributed by atoms with Crippen molar-refractivity contribution >= 4 is 11.6 Å². The Labute approximate surface area is 172 Å². The molecule has 0 saturated heterocycles. The third-order valence-electron chi connectivity index (χ3n) is 5.16. The fourth-order valence-corrected chi connectivity index (χ4v) is 3.79. The zero-order valence-electron chi connectivity index (χ0n) is 17.5. The zero-order chi connectivity index (χ0) is 20.8. The summed E-state index contributed by atoms with van der Waals surface area (Å²) in [6.07, 6.45) is 4.57. The molecule has 28 heavy (non-hydrogen) atoms. The highest BCUT2D eigenvalue weighted by Crippen LogP contribution is 2.38. The number of aliphatic hydroxyl groups is 1. The molecule has 0 aromatic heterocycles. The van der Waals surface area contributed by atoms with Crippen molar-refractivity contribution in [2.24, 2.45) is 11.8 Å². The van der Waals surface area contributed by atoms with Gasteiger partial charge in [0.25, 0.3) is 0 Å². The molecule has 5 atom stereocenters. The smallest absolute Gasteiger partial charge is 0.196 e. The van der Waals surface area contributed by atoms with Crippen LogP contribution in [0.4, 0.5) is 0 Å². The normalized spacial score (nSPS) is 27.3. The first-order valence-corrected chi connectivity index (χ1v) is 10.0. The number of allylic oxidation sites excluding steroid dienone is 4. The molecule has 0 bridgehead atoms. The maximum Gasteiger partial charge on any atom is 0.196 e. The number of nitrogens with one attached hydrogen (secondary N) is 1. The lowest BCUT2D eigenvalue weighted by Gasteiger charge is -2.36. The average Bonchev–Trinajstić information content (AvgIpc) is 2.65. The summed E-state index contributed by atoms with van der Waals surface area (Å²) in [5.74, 6) is 1.59. The van der Waals surface area contributed by atoms with Crippen LogP contribution >= 0.6 is 11.6 Å². The molecule has 0 fully saturated rings. The number of aliphatic hydroxyl groups excluding tert-OH is 1. The lowest BCUT2D eigenvalue weighted by molar-refractivity contribution is -0.107. The van der Waals surface area contributed by atoms with Crippen LogP contribution in [0, 0.1) is 11.8 Å². The van der Waals surface area contributed by atoms with Crippen molar-refractivity contribution in [3.05, 3.63) is 46.0 Å². The fourth-order valence-electron chi connectivity index (χ4n) is 3.55. The maximum atomic E-state index is 11.1. The lowest BCUT2D eigenvalue weighted by Crippen LogP contribution is -2.43. The van der Waals surface area contributed by atoms with Crippen LogP contribution in [0.3, 0.4) is 0 Å². The summed E-state index contributed by atoms with van der Waals surface area (Å²) < 4.78 is 21.7. The number of methoxy groups -OCH3 is 1. The molecule has 6 nitrogen and oxygen atoms in total. The average molecular weight is 414 g/mol. The molecule has 0 aromatic rings. The number of halogens is 1. The largest absolute Gasteiger partial charge is 0.469 e. The Morgan fingerprint density at radius 3 is 2.61 bits per heavy atom. The molecule has 0 amide bonds. The number of hydrogen-bond acceptors (Lipinski definition) is 6. The molecule has 0 spiro atoms. The van der Waals surface area contributed by atoms with Gasteiger partial charge in [-0.15, -0.1) is 0 Å². The minimum atomic E-state index is -0.728. The van der Waals surface area contributed by atoms with E-state index >= 15 is 0 Å². The van der Waals surface area contributed by atoms with Gasteiger partial charge >= 0.3 is 0 Å². The van der Waals surface area contributed by atoms with Crippen molar-refractivity contribution in [1.82, 2.24) is 5.32 Å². The van der Waals surface area contributed by atoms with E-state index in [0.717, 1.165) is 16.9 Å². The summed E-state index contributed by atoms with van der Waals surface area (Å²) in [5, 5.41) is 14.5. The molecule has 5 unspecified atom stereocenters. The Morgan fingerprint density at radius 2 is 2.00 bits per heavy atom. The molecule has 1 aliphatic carbocycles. The van der Waals surface area contributed by atoms with Gasteiger partial charge in [-0.05, 0) is 50.0 Å². The molecule has 1 heterocycles. The van der Waals surface area contributed by atoms with Gasteiger partial charge in [-0.3, -0.25) is 0 Å². The Morgan fingerprint density at radius 1 is 1.29 bits per heavy atom. The Bertz CT molecular complexity index is 670. The van der Waals surface area contributed by atoms with Crippen molar-refractivity contribution < 1.29 is 24.1 Å². The van der Waals surface area contributed by atoms with E-state index in [1.807, 2.05) is 32.9 Å². The highest BCUT2D eigenvalue weighted by atomic mass is 35.5. The summed E-state index contributed by atoms with van der Waals surface area (Å²) in [7, 11) is 1.54. The van der Waals surface area contributed by atoms with Crippen molar-refractivity contribution in [2.45, 2.75) is 53.1 Å². The van der Waals surface area contributed by atoms with Gasteiger partial charge in [0.05, 0.1) is 12.1 Å². The highest BCUT2D eigenvalue weighted by Gasteiger charge is 2.35. The lowest BCUT2D eigenvalue weighted by atomic mass is 9.76. The molecule has 158 valence electrons. The topological polar surface area (TPSA) is 69.2 Å². The molecule has 0 radical (unpaired) electrons. The second-order valence-electron chi connectivity index (χ2n) is 7.11. The van der Waals surface area contributed by atoms with E-state index in [0.29, 0.717) is 17.5 Å². The second-order valence-corrected chi connectivity index (χ2v) is 7.48. The summed E-state index contributed by atoms with van der Waals surface area (Å²) in [4.78, 5) is 0. The fraction of sp³-hybridized carbons (Fsp3) is 0.619. The monoisotopic (exact) mass is 413 g/mol. The maximum absolute atomic E-state index is 11.1. The summed E-state index contributed by atoms with van der Waals surface area (Å²) in [6, 6.07) is -0.347. The summed E-state index contributed by atoms with van der Waals surface area (Å²) >= 11 is 6.27. The Kier molecular flexibility index (Phi) is 8.43. The first kappa shape index (κ1) is 22.8. The third-order valence-corrected chi connectivity index (χ3v) is 5.46. The molecule has 7 heteroatoms. The number of dihydropyridines is 1. The molecular weight excluding hydrogens is 382 g/mol. The minimum absolute atomic E-state index is 0.105. The predicted molar refractivity (Wildman–Crippen MR) is 109 cm³/mol. The molecule has 2 aliphatic rings. The van der Waals surface area contributed by atoms with Gasteiger partial charge < -0.3 is 29.4 Å². The summed E-state index contributed by atoms with van der Waals surface area (Å²) in [6.45, 7) is 10.7. The van der Waals surface area contributed by atoms with Crippen molar-refractivity contribution in [3.8, 4) is 0 Å². The Hall–Kier alpha value is -1.47. The molecule has 2 N–H and O–H groups in total. The van der Waals surface area contributed by atoms with E-state index < -0.39 is 6.10 Å². The van der Waals surface area contributed by atoms with Gasteiger partial charge in [0.15, 0.2) is 18.8 Å². The van der Waals surface area contributed by atoms with Gasteiger partial charge in [-0.1, -0.05) is 31.5 Å². The van der Waals surface area contributed by atoms with Crippen LogP contribution in [0.1, 0.15) is 34.6 Å². The molecule has 0 saturated carbocycles. The molecular formula is C21H32ClNO5. The van der Waals surface area contributed by atoms with E-state index in [1.165, 1.54) is 0 Å². The van der Waals surface area contributed by atoms with Crippen LogP contribution in [-0.4, -0.2) is 44.1 Å². The Balaban J connectivity index is 2.16. The number of hydrogen-bond donors (Lipinski definition) is 2. The van der Waals surface area contributed by atoms with Gasteiger partial charge in [0, 0.05) is 19.6 Å². The first-order chi connectivity index (χ1) is 13.3. The molecule has 2 rings (SSSR count). The van der Waals surface area contributed by atoms with E-state index in [4.69, 9.17) is 30.5 Å². The molecule has 0 aromatic carbocycles. The van der Waals surface area contributed by atoms with Gasteiger partial charge in [-0.2, -0.15) is 0 Å². The number of ether oxygens (including phenoxy) is 4. The predicted octanol–water partition coefficient (Wildman–Crippen LogP) is 3.79. The summed E-state index contributed by atoms with van der Waals surface area (Å²) in [5.41, 5.74) is 1.96. The van der Waals surface area contributed by atoms with Gasteiger partial charge in [-0.25, -0.2) is 0 Å². The second kappa shape index (κ2) is 10.3. The van der Waals surface area contributed by atoms with E-state index in [1.54, 1.807) is 13.2 Å². The minimum Gasteiger partial charge on any atom is -0.469 e. The highest BCUT2D eigenvalue weighted by molar-refractivity contribution is 6.29. The van der Waals surface area contributed by atoms with Crippen molar-refractivity contribution in [2.75, 3.05) is 20.5 Å². The van der Waals surface area contributed by atoms with Crippen LogP contribution in [0.2, 0.25) is 0 Å². The van der Waals surface area contributed by atoms with Crippen LogP contribution in [0.25, 0.3) is 0 Å². The van der Waals surface area contributed by atoms with E-state index in [-0.39, 0.29) is 31.0 Å². The van der Waals surface area contributed by atoms with Crippen LogP contribution in [-0.2, 0) is 18.9 Å². The van der Waals surface area contributed by atoms with Crippen LogP contribution < -0.4 is 5.32 Å². The van der Waals surface area contributed by atoms with E-state index in [9.17, 15) is 5.11 Å². The number of rotatable bonds is 9. The standard InChI is InChI=1S/C21H32ClNO5/c1-7-26-15(5)28-18-10-12(2)19(14(4)13(18)3)20(24)16-8-9-17(21(22)23-16)27-11-25-6/h8-10,13-16,20,23-24H,7,11H2,1-6H3. The van der Waals surface area contributed by atoms with Crippen LogP contribution in [0.15, 0.2) is 46.0 Å². The van der Waals surface area contributed by atoms with Crippen molar-refractivity contribution in [1.29, 1.82) is 0 Å². The third kappa shape index (κ3) is 5.32. The quantitative estimate of drug-likeness (QED) is 0.442. The first-order valence-electron chi connectivity index (χ1n) is 9.64.